The predicted octanol–water partition coefficient (Wildman–Crippen LogP) is -1.53. The summed E-state index contributed by atoms with van der Waals surface area (Å²) in [6.45, 7) is -0.477. The molecule has 10 nitrogen and oxygen atoms in total. The van der Waals surface area contributed by atoms with Gasteiger partial charge in [0.25, 0.3) is 5.56 Å². The third kappa shape index (κ3) is 2.37. The third-order valence-corrected chi connectivity index (χ3v) is 2.83. The van der Waals surface area contributed by atoms with E-state index < -0.39 is 42.3 Å². The van der Waals surface area contributed by atoms with Crippen LogP contribution < -0.4 is 11.2 Å². The number of rotatable bonds is 3. The Bertz CT molecular complexity index is 618. The molecule has 1 aromatic rings. The predicted molar refractivity (Wildman–Crippen MR) is 61.3 cm³/mol. The number of nitrogens with one attached hydrogen (secondary N) is 1. The summed E-state index contributed by atoms with van der Waals surface area (Å²) >= 11 is 0. The van der Waals surface area contributed by atoms with Crippen molar-refractivity contribution in [3.05, 3.63) is 43.5 Å². The molecule has 0 radical (unpaired) electrons. The van der Waals surface area contributed by atoms with Gasteiger partial charge in [0.2, 0.25) is 0 Å². The Morgan fingerprint density at radius 1 is 1.58 bits per heavy atom. The molecule has 0 bridgehead atoms. The molecule has 19 heavy (non-hydrogen) atoms. The van der Waals surface area contributed by atoms with E-state index in [1.807, 2.05) is 4.98 Å². The van der Waals surface area contributed by atoms with Gasteiger partial charge in [-0.1, -0.05) is 5.11 Å². The second-order valence-electron chi connectivity index (χ2n) is 3.95. The average Bonchev–Trinajstić information content (AvgIpc) is 2.68. The minimum Gasteiger partial charge on any atom is -0.394 e. The number of nitrogens with zero attached hydrogens (tertiary/aromatic N) is 4. The number of H-pyrrole nitrogens is 1. The van der Waals surface area contributed by atoms with Crippen LogP contribution in [0.4, 0.5) is 0 Å². The monoisotopic (exact) mass is 269 g/mol. The number of hydrogen-bond donors (Lipinski definition) is 3. The van der Waals surface area contributed by atoms with Gasteiger partial charge < -0.3 is 14.9 Å². The fraction of sp³-hybridized carbons (Fsp3) is 0.556. The zero-order valence-corrected chi connectivity index (χ0v) is 9.58. The van der Waals surface area contributed by atoms with E-state index in [0.717, 1.165) is 16.8 Å². The molecule has 4 atom stereocenters. The topological polar surface area (TPSA) is 153 Å². The van der Waals surface area contributed by atoms with Gasteiger partial charge in [-0.15, -0.1) is 0 Å². The van der Waals surface area contributed by atoms with Crippen molar-refractivity contribution < 1.29 is 14.9 Å². The fourth-order valence-electron chi connectivity index (χ4n) is 1.94. The lowest BCUT2D eigenvalue weighted by Gasteiger charge is -2.16. The molecule has 1 aromatic heterocycles. The number of aromatic nitrogens is 2. The highest BCUT2D eigenvalue weighted by Gasteiger charge is 2.44. The Hall–Kier alpha value is -2.13. The first-order valence-corrected chi connectivity index (χ1v) is 5.38. The SMILES string of the molecule is [N-]=[N+]=N[C@H]1[C@@H](O)[C@H](n2ccc(=O)[nH]c2=O)O[C@@H]1CO. The summed E-state index contributed by atoms with van der Waals surface area (Å²) < 4.78 is 6.23. The van der Waals surface area contributed by atoms with Gasteiger partial charge in [-0.05, 0) is 5.53 Å². The van der Waals surface area contributed by atoms with Gasteiger partial charge >= 0.3 is 5.69 Å². The quantitative estimate of drug-likeness (QED) is 0.345. The van der Waals surface area contributed by atoms with Crippen molar-refractivity contribution in [2.75, 3.05) is 6.61 Å². The molecular formula is C9H11N5O5. The average molecular weight is 269 g/mol. The van der Waals surface area contributed by atoms with Crippen LogP contribution in [0.2, 0.25) is 0 Å². The molecule has 1 fully saturated rings. The molecule has 2 rings (SSSR count). The van der Waals surface area contributed by atoms with Crippen LogP contribution in [0.5, 0.6) is 0 Å². The van der Waals surface area contributed by atoms with Crippen LogP contribution in [0.25, 0.3) is 10.4 Å². The highest BCUT2D eigenvalue weighted by molar-refractivity contribution is 4.96. The summed E-state index contributed by atoms with van der Waals surface area (Å²) in [6, 6.07) is 0.0746. The van der Waals surface area contributed by atoms with Crippen molar-refractivity contribution in [2.24, 2.45) is 5.11 Å². The van der Waals surface area contributed by atoms with E-state index in [0.29, 0.717) is 0 Å². The summed E-state index contributed by atoms with van der Waals surface area (Å²) in [5.74, 6) is 0. The summed E-state index contributed by atoms with van der Waals surface area (Å²) in [6.07, 6.45) is -2.22. The van der Waals surface area contributed by atoms with E-state index in [1.165, 1.54) is 0 Å². The van der Waals surface area contributed by atoms with Crippen LogP contribution in [0, 0.1) is 0 Å². The molecule has 10 heteroatoms. The second-order valence-corrected chi connectivity index (χ2v) is 3.95. The van der Waals surface area contributed by atoms with Gasteiger partial charge in [-0.3, -0.25) is 14.3 Å². The minimum absolute atomic E-state index is 0.477. The molecule has 1 aliphatic heterocycles. The summed E-state index contributed by atoms with van der Waals surface area (Å²) in [7, 11) is 0. The maximum Gasteiger partial charge on any atom is 0.330 e. The molecule has 1 aliphatic rings. The molecule has 0 amide bonds. The van der Waals surface area contributed by atoms with Crippen LogP contribution in [-0.4, -0.2) is 44.6 Å². The zero-order valence-electron chi connectivity index (χ0n) is 9.58. The van der Waals surface area contributed by atoms with Crippen LogP contribution >= 0.6 is 0 Å². The van der Waals surface area contributed by atoms with E-state index in [9.17, 15) is 14.7 Å². The molecule has 0 unspecified atom stereocenters. The summed E-state index contributed by atoms with van der Waals surface area (Å²) in [5, 5.41) is 22.4. The molecule has 0 spiro atoms. The van der Waals surface area contributed by atoms with E-state index in [1.54, 1.807) is 0 Å². The molecule has 102 valence electrons. The number of aliphatic hydroxyl groups is 2. The minimum atomic E-state index is -1.31. The van der Waals surface area contributed by atoms with Crippen molar-refractivity contribution in [3.63, 3.8) is 0 Å². The Labute approximate surface area is 105 Å². The van der Waals surface area contributed by atoms with E-state index in [4.69, 9.17) is 15.4 Å². The maximum atomic E-state index is 11.6. The highest BCUT2D eigenvalue weighted by Crippen LogP contribution is 2.30. The van der Waals surface area contributed by atoms with Crippen molar-refractivity contribution in [2.45, 2.75) is 24.5 Å². The zero-order chi connectivity index (χ0) is 14.0. The van der Waals surface area contributed by atoms with Crippen molar-refractivity contribution in [1.29, 1.82) is 0 Å². The molecular weight excluding hydrogens is 258 g/mol. The van der Waals surface area contributed by atoms with E-state index >= 15 is 0 Å². The Morgan fingerprint density at radius 2 is 2.32 bits per heavy atom. The molecule has 2 heterocycles. The normalized spacial score (nSPS) is 30.0. The largest absolute Gasteiger partial charge is 0.394 e. The Morgan fingerprint density at radius 3 is 2.89 bits per heavy atom. The molecule has 0 aliphatic carbocycles. The standard InChI is InChI=1S/C9H11N5O5/c10-13-12-6-4(3-15)19-8(7(6)17)14-2-1-5(16)11-9(14)18/h1-2,4,6-8,15,17H,3H2,(H,11,16,18)/t4-,6-,7-,8-/m1/s1. The van der Waals surface area contributed by atoms with Crippen LogP contribution in [0.1, 0.15) is 6.23 Å². The van der Waals surface area contributed by atoms with E-state index in [-0.39, 0.29) is 0 Å². The Kier molecular flexibility index (Phi) is 3.67. The molecule has 3 N–H and O–H groups in total. The van der Waals surface area contributed by atoms with Crippen LogP contribution in [0.3, 0.4) is 0 Å². The second kappa shape index (κ2) is 5.24. The Balaban J connectivity index is 2.38. The smallest absolute Gasteiger partial charge is 0.330 e. The maximum absolute atomic E-state index is 11.6. The number of aliphatic hydroxyl groups excluding tert-OH is 2. The fourth-order valence-corrected chi connectivity index (χ4v) is 1.94. The van der Waals surface area contributed by atoms with Gasteiger partial charge in [0, 0.05) is 17.2 Å². The van der Waals surface area contributed by atoms with Gasteiger partial charge in [-0.25, -0.2) is 4.79 Å². The van der Waals surface area contributed by atoms with Gasteiger partial charge in [0.05, 0.1) is 18.8 Å². The lowest BCUT2D eigenvalue weighted by atomic mass is 10.1. The van der Waals surface area contributed by atoms with Crippen molar-refractivity contribution >= 4 is 0 Å². The van der Waals surface area contributed by atoms with Crippen molar-refractivity contribution in [3.8, 4) is 0 Å². The first kappa shape index (κ1) is 13.3. The lowest BCUT2D eigenvalue weighted by Crippen LogP contribution is -2.37. The van der Waals surface area contributed by atoms with Gasteiger partial charge in [0.15, 0.2) is 6.23 Å². The van der Waals surface area contributed by atoms with Crippen LogP contribution in [0.15, 0.2) is 27.0 Å². The number of azide groups is 1. The summed E-state index contributed by atoms with van der Waals surface area (Å²) in [4.78, 5) is 27.1. The number of aromatic amines is 1. The van der Waals surface area contributed by atoms with Crippen molar-refractivity contribution in [1.82, 2.24) is 9.55 Å². The van der Waals surface area contributed by atoms with E-state index in [2.05, 4.69) is 10.0 Å². The lowest BCUT2D eigenvalue weighted by molar-refractivity contribution is -0.0532. The first-order chi connectivity index (χ1) is 9.08. The van der Waals surface area contributed by atoms with Crippen LogP contribution in [-0.2, 0) is 4.74 Å². The third-order valence-electron chi connectivity index (χ3n) is 2.83. The molecule has 0 aromatic carbocycles. The highest BCUT2D eigenvalue weighted by atomic mass is 16.5. The first-order valence-electron chi connectivity index (χ1n) is 5.38. The molecule has 0 saturated carbocycles. The van der Waals surface area contributed by atoms with Gasteiger partial charge in [-0.2, -0.15) is 0 Å². The number of ether oxygens (including phenoxy) is 1. The summed E-state index contributed by atoms with van der Waals surface area (Å²) in [5.41, 5.74) is 7.05. The van der Waals surface area contributed by atoms with Gasteiger partial charge in [0.1, 0.15) is 6.10 Å². The number of hydrogen-bond acceptors (Lipinski definition) is 6. The molecule has 1 saturated heterocycles.